The van der Waals surface area contributed by atoms with E-state index in [1.54, 1.807) is 0 Å². The number of esters is 2. The molecule has 10 heterocycles. The minimum absolute atomic E-state index is 0. The molecule has 0 fully saturated rings. The van der Waals surface area contributed by atoms with Gasteiger partial charge in [-0.05, 0) is 164 Å². The number of carbonyl (C=O) groups is 2. The molecule has 14 nitrogen and oxygen atoms in total. The van der Waals surface area contributed by atoms with E-state index < -0.39 is 0 Å². The Morgan fingerprint density at radius 2 is 0.638 bits per heavy atom. The predicted octanol–water partition coefficient (Wildman–Crippen LogP) is 10.3. The third-order valence-corrected chi connectivity index (χ3v) is 17.5. The topological polar surface area (TPSA) is 201 Å². The van der Waals surface area contributed by atoms with Gasteiger partial charge in [0, 0.05) is 26.1 Å². The molecule has 94 heavy (non-hydrogen) atoms. The molecular formula is C76H94Cl2Co2N8O6. The van der Waals surface area contributed by atoms with Crippen molar-refractivity contribution >= 4 is 101 Å². The molecule has 0 amide bonds. The minimum Gasteiger partial charge on any atom is -1.00 e. The number of aromatic nitrogens is 8. The van der Waals surface area contributed by atoms with Crippen molar-refractivity contribution < 1.29 is 87.6 Å². The van der Waals surface area contributed by atoms with Gasteiger partial charge in [0.15, 0.2) is 0 Å². The van der Waals surface area contributed by atoms with Gasteiger partial charge in [-0.15, -0.1) is 44.1 Å². The molecule has 16 bridgehead atoms. The van der Waals surface area contributed by atoms with Gasteiger partial charge in [-0.3, -0.25) is 9.59 Å². The monoisotopic (exact) mass is 1400 g/mol. The molecule has 0 unspecified atom stereocenters. The van der Waals surface area contributed by atoms with E-state index in [0.29, 0.717) is 25.7 Å². The molecule has 4 aliphatic rings. The third kappa shape index (κ3) is 18.1. The summed E-state index contributed by atoms with van der Waals surface area (Å²) in [5, 5.41) is 19.2. The standard InChI is InChI=1S/C36H40N4O4.C34H40N4O2.2C3H7.2ClH.2Co/c1-9-23-19(3)27-15-28-21(5)25(11-13-35(41)43-7)33(39-28)18-34-26(12-14-36(42)44-8)22(6)30(40-34)17-32-24(10-2)20(4)29(38-32)16-31(23)37-27;1-7-23-19(3)27-15-28-21(5)25(11-9-13-39)33(37-28)18-34-26(12-10-14-40)22(6)30(38-34)17-32-24(8-2)20(4)29(36-32)16-31(23)35-27;2*1-3-2;;;;/h15-18H,9-14H2,1-8H3;15-18,39-40H,7-14H2,1-6H3;2*3H,1-2H3;2*1H;;/q2*-2;2*+1;;;2*+2/p-2. The van der Waals surface area contributed by atoms with Crippen molar-refractivity contribution in [1.82, 2.24) is 39.9 Å². The molecule has 6 aromatic heterocycles. The summed E-state index contributed by atoms with van der Waals surface area (Å²) in [4.78, 5) is 65.1. The first-order valence-electron chi connectivity index (χ1n) is 32.1. The molecule has 6 aromatic rings. The number of fused-ring (bicyclic) bond motifs is 16. The molecule has 0 aromatic carbocycles. The Morgan fingerprint density at radius 1 is 0.383 bits per heavy atom. The molecular weight excluding hydrogens is 1310 g/mol. The molecule has 4 aliphatic heterocycles. The van der Waals surface area contributed by atoms with Crippen LogP contribution in [0.15, 0.2) is 48.5 Å². The second-order valence-corrected chi connectivity index (χ2v) is 23.4. The van der Waals surface area contributed by atoms with Crippen molar-refractivity contribution in [3.05, 3.63) is 151 Å². The van der Waals surface area contributed by atoms with E-state index in [1.165, 1.54) is 47.6 Å². The molecule has 2 radical (unpaired) electrons. The zero-order valence-electron chi connectivity index (χ0n) is 58.2. The zero-order chi connectivity index (χ0) is 65.7. The van der Waals surface area contributed by atoms with Crippen molar-refractivity contribution in [2.45, 2.75) is 188 Å². The molecule has 506 valence electrons. The van der Waals surface area contributed by atoms with Crippen LogP contribution in [0.2, 0.25) is 0 Å². The normalized spacial score (nSPS) is 12.2. The Bertz CT molecular complexity index is 4160. The first kappa shape index (κ1) is 81.6. The van der Waals surface area contributed by atoms with E-state index in [-0.39, 0.29) is 96.4 Å². The van der Waals surface area contributed by atoms with Crippen molar-refractivity contribution in [2.75, 3.05) is 27.4 Å². The van der Waals surface area contributed by atoms with Gasteiger partial charge in [0.05, 0.1) is 100 Å². The second-order valence-electron chi connectivity index (χ2n) is 23.4. The van der Waals surface area contributed by atoms with Crippen molar-refractivity contribution in [2.24, 2.45) is 0 Å². The van der Waals surface area contributed by atoms with Crippen LogP contribution in [0, 0.1) is 40.5 Å². The van der Waals surface area contributed by atoms with E-state index in [9.17, 15) is 19.8 Å². The quantitative estimate of drug-likeness (QED) is 0.0685. The average molecular weight is 1400 g/mol. The van der Waals surface area contributed by atoms with E-state index in [4.69, 9.17) is 49.3 Å². The summed E-state index contributed by atoms with van der Waals surface area (Å²) in [5.41, 5.74) is 32.1. The number of hydrogen-bond donors (Lipinski definition) is 2. The number of allylic oxidation sites excluding steroid dienone is 8. The molecule has 0 saturated heterocycles. The van der Waals surface area contributed by atoms with Gasteiger partial charge in [-0.1, -0.05) is 121 Å². The maximum atomic E-state index is 12.2. The molecule has 2 N–H and O–H groups in total. The predicted molar refractivity (Wildman–Crippen MR) is 371 cm³/mol. The number of halogens is 2. The van der Waals surface area contributed by atoms with Gasteiger partial charge < -0.3 is 64.4 Å². The summed E-state index contributed by atoms with van der Waals surface area (Å²) in [6, 6.07) is 16.6. The molecule has 0 atom stereocenters. The van der Waals surface area contributed by atoms with E-state index in [0.717, 1.165) is 184 Å². The van der Waals surface area contributed by atoms with Crippen LogP contribution in [0.1, 0.15) is 225 Å². The van der Waals surface area contributed by atoms with Gasteiger partial charge >= 0.3 is 45.5 Å². The Hall–Kier alpha value is -6.61. The van der Waals surface area contributed by atoms with Crippen molar-refractivity contribution in [3.8, 4) is 0 Å². The van der Waals surface area contributed by atoms with Gasteiger partial charge in [0.2, 0.25) is 0 Å². The number of hydrogen-bond acceptors (Lipinski definition) is 10. The van der Waals surface area contributed by atoms with Crippen LogP contribution in [-0.4, -0.2) is 69.5 Å². The number of aliphatic hydroxyl groups is 2. The zero-order valence-corrected chi connectivity index (χ0v) is 61.8. The van der Waals surface area contributed by atoms with Crippen LogP contribution in [0.4, 0.5) is 0 Å². The van der Waals surface area contributed by atoms with Gasteiger partial charge in [-0.2, -0.15) is 0 Å². The van der Waals surface area contributed by atoms with E-state index in [2.05, 4.69) is 106 Å². The van der Waals surface area contributed by atoms with Crippen LogP contribution in [0.5, 0.6) is 0 Å². The second kappa shape index (κ2) is 37.6. The third-order valence-electron chi connectivity index (χ3n) is 17.5. The van der Waals surface area contributed by atoms with Crippen LogP contribution < -0.4 is 44.7 Å². The van der Waals surface area contributed by atoms with Crippen molar-refractivity contribution in [1.29, 1.82) is 0 Å². The SMILES string of the molecule is CCC1=C(C)c2cc3[n-]c(cc4nc(cc5[n-]c(cc1n2)c(C)c5CCC(=O)OC)C(CCC(=O)OC)=C4C)c(C)c3CC.CCC1=C(C)c2cc3[n-]c(cc4nc(cc5[n-]c(cc1n2)c(C)c5CCCO)C(CCCO)=C4C)c(C)c3CC.C[CH+]C.C[CH+]C.[Cl-].[Cl-].[Co+2].[Co+2]. The van der Waals surface area contributed by atoms with E-state index >= 15 is 0 Å². The summed E-state index contributed by atoms with van der Waals surface area (Å²) < 4.78 is 9.89. The largest absolute Gasteiger partial charge is 2.00 e. The summed E-state index contributed by atoms with van der Waals surface area (Å²) in [7, 11) is 2.80. The Balaban J connectivity index is 0.000000437. The van der Waals surface area contributed by atoms with Gasteiger partial charge in [0.1, 0.15) is 0 Å². The molecule has 0 spiro atoms. The maximum absolute atomic E-state index is 12.2. The molecule has 18 heteroatoms. The molecule has 0 aliphatic carbocycles. The minimum atomic E-state index is -0.275. The summed E-state index contributed by atoms with van der Waals surface area (Å²) >= 11 is 0. The smallest absolute Gasteiger partial charge is 1.00 e. The van der Waals surface area contributed by atoms with Crippen LogP contribution >= 0.6 is 0 Å². The van der Waals surface area contributed by atoms with Gasteiger partial charge in [-0.25, -0.2) is 19.9 Å². The number of nitrogens with zero attached hydrogens (tertiary/aromatic N) is 8. The Morgan fingerprint density at radius 3 is 0.968 bits per heavy atom. The first-order valence-corrected chi connectivity index (χ1v) is 32.1. The fraction of sp³-hybridized carbons (Fsp3) is 0.421. The molecule has 10 rings (SSSR count). The summed E-state index contributed by atoms with van der Waals surface area (Å²) in [6.07, 6.45) is 11.7. The fourth-order valence-corrected chi connectivity index (χ4v) is 12.4. The summed E-state index contributed by atoms with van der Waals surface area (Å²) in [6.45, 7) is 33.8. The number of ether oxygens (including phenoxy) is 2. The average Bonchev–Trinajstić information content (AvgIpc) is 1.63. The Labute approximate surface area is 590 Å². The summed E-state index contributed by atoms with van der Waals surface area (Å²) in [5.74, 6) is -0.550. The van der Waals surface area contributed by atoms with Crippen LogP contribution in [0.3, 0.4) is 0 Å². The number of carbonyl (C=O) groups excluding carboxylic acids is 2. The number of aryl methyl sites for hydroxylation is 8. The van der Waals surface area contributed by atoms with Gasteiger partial charge in [0.25, 0.3) is 0 Å². The number of methoxy groups -OCH3 is 2. The maximum Gasteiger partial charge on any atom is 2.00 e. The number of rotatable bonds is 16. The Kier molecular flexibility index (Phi) is 32.7. The van der Waals surface area contributed by atoms with Crippen LogP contribution in [-0.2, 0) is 78.3 Å². The molecule has 0 saturated carbocycles. The van der Waals surface area contributed by atoms with Crippen LogP contribution in [0.25, 0.3) is 88.7 Å². The number of aliphatic hydroxyl groups excluding tert-OH is 2. The van der Waals surface area contributed by atoms with E-state index in [1.807, 2.05) is 66.5 Å². The fourth-order valence-electron chi connectivity index (χ4n) is 12.4. The van der Waals surface area contributed by atoms with Crippen molar-refractivity contribution in [3.63, 3.8) is 0 Å². The first-order chi connectivity index (χ1) is 43.2.